The smallest absolute Gasteiger partial charge is 0.256 e. The van der Waals surface area contributed by atoms with E-state index in [9.17, 15) is 14.4 Å². The summed E-state index contributed by atoms with van der Waals surface area (Å²) in [5, 5.41) is 5.63. The molecule has 0 aromatic heterocycles. The molecule has 3 rings (SSSR count). The van der Waals surface area contributed by atoms with Crippen LogP contribution in [0.15, 0.2) is 72.8 Å². The molecule has 140 valence electrons. The predicted octanol–water partition coefficient (Wildman–Crippen LogP) is 4.78. The van der Waals surface area contributed by atoms with Gasteiger partial charge in [0.1, 0.15) is 0 Å². The van der Waals surface area contributed by atoms with Gasteiger partial charge >= 0.3 is 0 Å². The first-order valence-electron chi connectivity index (χ1n) is 8.53. The zero-order valence-electron chi connectivity index (χ0n) is 15.0. The van der Waals surface area contributed by atoms with E-state index in [0.29, 0.717) is 27.5 Å². The van der Waals surface area contributed by atoms with Gasteiger partial charge in [0, 0.05) is 23.7 Å². The molecular weight excluding hydrogens is 376 g/mol. The number of amides is 2. The monoisotopic (exact) mass is 392 g/mol. The Balaban J connectivity index is 1.85. The second kappa shape index (κ2) is 8.50. The highest BCUT2D eigenvalue weighted by Gasteiger charge is 2.18. The molecule has 0 unspecified atom stereocenters. The first kappa shape index (κ1) is 19.3. The Morgan fingerprint density at radius 3 is 2.07 bits per heavy atom. The van der Waals surface area contributed by atoms with Crippen LogP contribution in [0.4, 0.5) is 11.4 Å². The fourth-order valence-corrected chi connectivity index (χ4v) is 2.93. The molecule has 0 heterocycles. The van der Waals surface area contributed by atoms with Gasteiger partial charge in [0.15, 0.2) is 5.78 Å². The van der Waals surface area contributed by atoms with Crippen LogP contribution in [-0.2, 0) is 4.79 Å². The number of hydrogen-bond donors (Lipinski definition) is 2. The maximum absolute atomic E-state index is 12.8. The summed E-state index contributed by atoms with van der Waals surface area (Å²) in [7, 11) is 0. The van der Waals surface area contributed by atoms with Gasteiger partial charge in [-0.3, -0.25) is 14.4 Å². The van der Waals surface area contributed by atoms with Crippen LogP contribution in [0.2, 0.25) is 5.02 Å². The van der Waals surface area contributed by atoms with Crippen molar-refractivity contribution in [3.8, 4) is 0 Å². The Hall–Kier alpha value is -3.44. The minimum absolute atomic E-state index is 0.231. The summed E-state index contributed by atoms with van der Waals surface area (Å²) in [5.74, 6) is -0.902. The summed E-state index contributed by atoms with van der Waals surface area (Å²) in [6.45, 7) is 1.38. The van der Waals surface area contributed by atoms with Crippen molar-refractivity contribution in [1.82, 2.24) is 0 Å². The quantitative estimate of drug-likeness (QED) is 0.613. The molecule has 6 heteroatoms. The van der Waals surface area contributed by atoms with E-state index < -0.39 is 5.91 Å². The van der Waals surface area contributed by atoms with E-state index in [4.69, 9.17) is 11.6 Å². The van der Waals surface area contributed by atoms with Crippen LogP contribution in [0.3, 0.4) is 0 Å². The molecule has 3 aromatic carbocycles. The SMILES string of the molecule is CC(=O)Nc1ccc(NC(=O)c2ccccc2C(=O)c2ccccc2)cc1Cl. The molecule has 0 saturated heterocycles. The molecule has 0 saturated carbocycles. The molecule has 0 aliphatic heterocycles. The van der Waals surface area contributed by atoms with Crippen molar-refractivity contribution in [3.05, 3.63) is 94.5 Å². The summed E-state index contributed by atoms with van der Waals surface area (Å²) < 4.78 is 0. The number of halogens is 1. The maximum Gasteiger partial charge on any atom is 0.256 e. The summed E-state index contributed by atoms with van der Waals surface area (Å²) >= 11 is 6.14. The Morgan fingerprint density at radius 2 is 1.43 bits per heavy atom. The third-order valence-corrected chi connectivity index (χ3v) is 4.30. The minimum atomic E-state index is -0.428. The lowest BCUT2D eigenvalue weighted by atomic mass is 9.98. The van der Waals surface area contributed by atoms with Crippen LogP contribution in [0.25, 0.3) is 0 Å². The maximum atomic E-state index is 12.8. The fraction of sp³-hybridized carbons (Fsp3) is 0.0455. The molecule has 0 aliphatic rings. The normalized spacial score (nSPS) is 10.2. The molecule has 0 bridgehead atoms. The number of carbonyl (C=O) groups is 3. The zero-order valence-corrected chi connectivity index (χ0v) is 15.8. The first-order chi connectivity index (χ1) is 13.5. The van der Waals surface area contributed by atoms with Crippen molar-refractivity contribution in [1.29, 1.82) is 0 Å². The van der Waals surface area contributed by atoms with Gasteiger partial charge in [-0.15, -0.1) is 0 Å². The third-order valence-electron chi connectivity index (χ3n) is 3.99. The van der Waals surface area contributed by atoms with Crippen LogP contribution < -0.4 is 10.6 Å². The van der Waals surface area contributed by atoms with Crippen molar-refractivity contribution in [2.45, 2.75) is 6.92 Å². The van der Waals surface area contributed by atoms with E-state index in [1.54, 1.807) is 60.7 Å². The van der Waals surface area contributed by atoms with Crippen molar-refractivity contribution in [2.24, 2.45) is 0 Å². The van der Waals surface area contributed by atoms with Crippen LogP contribution in [0.1, 0.15) is 33.2 Å². The average molecular weight is 393 g/mol. The van der Waals surface area contributed by atoms with E-state index in [0.717, 1.165) is 0 Å². The molecule has 0 spiro atoms. The molecule has 2 N–H and O–H groups in total. The van der Waals surface area contributed by atoms with Crippen LogP contribution in [0.5, 0.6) is 0 Å². The Morgan fingerprint density at radius 1 is 0.786 bits per heavy atom. The highest BCUT2D eigenvalue weighted by molar-refractivity contribution is 6.34. The Kier molecular flexibility index (Phi) is 5.87. The van der Waals surface area contributed by atoms with E-state index in [-0.39, 0.29) is 17.3 Å². The standard InChI is InChI=1S/C22H17ClN2O3/c1-14(26)24-20-12-11-16(13-19(20)23)25-22(28)18-10-6-5-9-17(18)21(27)15-7-3-2-4-8-15/h2-13H,1H3,(H,24,26)(H,25,28). The summed E-state index contributed by atoms with van der Waals surface area (Å²) in [6, 6.07) is 20.2. The second-order valence-electron chi connectivity index (χ2n) is 6.07. The van der Waals surface area contributed by atoms with Crippen molar-refractivity contribution in [2.75, 3.05) is 10.6 Å². The van der Waals surface area contributed by atoms with Gasteiger partial charge in [0.05, 0.1) is 16.3 Å². The van der Waals surface area contributed by atoms with E-state index >= 15 is 0 Å². The molecular formula is C22H17ClN2O3. The molecule has 0 atom stereocenters. The minimum Gasteiger partial charge on any atom is -0.325 e. The Labute approximate surface area is 167 Å². The van der Waals surface area contributed by atoms with E-state index in [1.165, 1.54) is 13.0 Å². The topological polar surface area (TPSA) is 75.3 Å². The average Bonchev–Trinajstić information content (AvgIpc) is 2.70. The van der Waals surface area contributed by atoms with Gasteiger partial charge in [-0.2, -0.15) is 0 Å². The number of nitrogens with one attached hydrogen (secondary N) is 2. The number of benzene rings is 3. The largest absolute Gasteiger partial charge is 0.325 e. The van der Waals surface area contributed by atoms with Gasteiger partial charge in [0.2, 0.25) is 5.91 Å². The van der Waals surface area contributed by atoms with Crippen molar-refractivity contribution in [3.63, 3.8) is 0 Å². The van der Waals surface area contributed by atoms with Crippen molar-refractivity contribution < 1.29 is 14.4 Å². The van der Waals surface area contributed by atoms with Crippen LogP contribution in [0, 0.1) is 0 Å². The zero-order chi connectivity index (χ0) is 20.1. The lowest BCUT2D eigenvalue weighted by Gasteiger charge is -2.11. The Bertz CT molecular complexity index is 1050. The van der Waals surface area contributed by atoms with Crippen molar-refractivity contribution >= 4 is 40.6 Å². The highest BCUT2D eigenvalue weighted by Crippen LogP contribution is 2.26. The lowest BCUT2D eigenvalue weighted by molar-refractivity contribution is -0.114. The second-order valence-corrected chi connectivity index (χ2v) is 6.48. The molecule has 0 aliphatic carbocycles. The summed E-state index contributed by atoms with van der Waals surface area (Å²) in [4.78, 5) is 36.7. The third kappa shape index (κ3) is 4.45. The van der Waals surface area contributed by atoms with Gasteiger partial charge < -0.3 is 10.6 Å². The van der Waals surface area contributed by atoms with Crippen LogP contribution in [-0.4, -0.2) is 17.6 Å². The highest BCUT2D eigenvalue weighted by atomic mass is 35.5. The van der Waals surface area contributed by atoms with Gasteiger partial charge in [-0.05, 0) is 24.3 Å². The van der Waals surface area contributed by atoms with E-state index in [2.05, 4.69) is 10.6 Å². The predicted molar refractivity (Wildman–Crippen MR) is 110 cm³/mol. The number of carbonyl (C=O) groups excluding carboxylic acids is 3. The molecule has 2 amide bonds. The fourth-order valence-electron chi connectivity index (χ4n) is 2.71. The van der Waals surface area contributed by atoms with Gasteiger partial charge in [0.25, 0.3) is 5.91 Å². The molecule has 3 aromatic rings. The number of hydrogen-bond acceptors (Lipinski definition) is 3. The van der Waals surface area contributed by atoms with E-state index in [1.807, 2.05) is 6.07 Å². The van der Waals surface area contributed by atoms with Crippen LogP contribution >= 0.6 is 11.6 Å². The number of ketones is 1. The number of anilines is 2. The number of rotatable bonds is 5. The lowest BCUT2D eigenvalue weighted by Crippen LogP contribution is -2.17. The summed E-state index contributed by atoms with van der Waals surface area (Å²) in [6.07, 6.45) is 0. The summed E-state index contributed by atoms with van der Waals surface area (Å²) in [5.41, 5.74) is 1.98. The molecule has 0 radical (unpaired) electrons. The molecule has 5 nitrogen and oxygen atoms in total. The van der Waals surface area contributed by atoms with Gasteiger partial charge in [-0.25, -0.2) is 0 Å². The molecule has 0 fully saturated rings. The molecule has 28 heavy (non-hydrogen) atoms. The first-order valence-corrected chi connectivity index (χ1v) is 8.91. The van der Waals surface area contributed by atoms with Gasteiger partial charge in [-0.1, -0.05) is 60.1 Å².